The molecule has 34 heavy (non-hydrogen) atoms. The van der Waals surface area contributed by atoms with Crippen LogP contribution in [0.2, 0.25) is 0 Å². The molecule has 2 heterocycles. The molecule has 6 rings (SSSR count). The zero-order valence-corrected chi connectivity index (χ0v) is 20.2. The van der Waals surface area contributed by atoms with Crippen LogP contribution < -0.4 is 4.90 Å². The number of rotatable bonds is 4. The summed E-state index contributed by atoms with van der Waals surface area (Å²) in [5.41, 5.74) is 4.68. The first-order valence-electron chi connectivity index (χ1n) is 11.7. The maximum Gasteiger partial charge on any atom is 0.326 e. The predicted octanol–water partition coefficient (Wildman–Crippen LogP) is 5.72. The van der Waals surface area contributed by atoms with E-state index in [2.05, 4.69) is 36.1 Å². The van der Waals surface area contributed by atoms with Crippen LogP contribution in [0.3, 0.4) is 0 Å². The Balaban J connectivity index is 1.45. The molecule has 0 saturated heterocycles. The van der Waals surface area contributed by atoms with Crippen molar-refractivity contribution in [3.05, 3.63) is 75.4 Å². The first-order chi connectivity index (χ1) is 16.3. The van der Waals surface area contributed by atoms with Crippen LogP contribution in [0.1, 0.15) is 41.4 Å². The Hall–Kier alpha value is -2.51. The highest BCUT2D eigenvalue weighted by Gasteiger charge is 2.56. The van der Waals surface area contributed by atoms with E-state index >= 15 is 0 Å². The lowest BCUT2D eigenvalue weighted by Crippen LogP contribution is -2.55. The van der Waals surface area contributed by atoms with Crippen molar-refractivity contribution in [2.24, 2.45) is 11.8 Å². The van der Waals surface area contributed by atoms with Crippen molar-refractivity contribution in [1.29, 1.82) is 0 Å². The molecule has 8 heteroatoms. The summed E-state index contributed by atoms with van der Waals surface area (Å²) in [7, 11) is 0. The molecule has 1 N–H and O–H groups in total. The first-order valence-corrected chi connectivity index (χ1v) is 13.0. The van der Waals surface area contributed by atoms with E-state index < -0.39 is 12.0 Å². The van der Waals surface area contributed by atoms with Gasteiger partial charge in [-0.15, -0.1) is 23.4 Å². The van der Waals surface area contributed by atoms with Crippen LogP contribution >= 0.6 is 23.4 Å². The van der Waals surface area contributed by atoms with Crippen LogP contribution in [0.15, 0.2) is 53.4 Å². The largest absolute Gasteiger partial charge is 0.480 e. The lowest BCUT2D eigenvalue weighted by Gasteiger charge is -2.50. The SMILES string of the molecule is Cc1cc2c3c(c1)[C@H]1C=CC[C@H]1CN3[C@@H](C(=O)O)[C@@H]1C[C@@H](Sc3ccccc3[N+](=O)[O-])[C@@H](Cl)[C@H]21. The zero-order valence-electron chi connectivity index (χ0n) is 18.6. The highest BCUT2D eigenvalue weighted by atomic mass is 35.5. The van der Waals surface area contributed by atoms with Gasteiger partial charge in [0.15, 0.2) is 0 Å². The van der Waals surface area contributed by atoms with Gasteiger partial charge in [-0.3, -0.25) is 10.1 Å². The Morgan fingerprint density at radius 2 is 2.03 bits per heavy atom. The van der Waals surface area contributed by atoms with E-state index in [1.54, 1.807) is 18.2 Å². The molecule has 2 aromatic rings. The van der Waals surface area contributed by atoms with Gasteiger partial charge in [-0.25, -0.2) is 4.79 Å². The fraction of sp³-hybridized carbons (Fsp3) is 0.423. The highest BCUT2D eigenvalue weighted by molar-refractivity contribution is 8.00. The van der Waals surface area contributed by atoms with E-state index in [-0.39, 0.29) is 33.1 Å². The molecule has 4 aliphatic rings. The lowest BCUT2D eigenvalue weighted by molar-refractivity contribution is -0.387. The zero-order chi connectivity index (χ0) is 23.7. The number of hydrogen-bond acceptors (Lipinski definition) is 5. The summed E-state index contributed by atoms with van der Waals surface area (Å²) in [6.07, 6.45) is 6.08. The van der Waals surface area contributed by atoms with Crippen LogP contribution in [0, 0.1) is 28.9 Å². The van der Waals surface area contributed by atoms with Gasteiger partial charge in [0.1, 0.15) is 6.04 Å². The molecule has 2 aromatic carbocycles. The number of para-hydroxylation sites is 1. The molecule has 1 fully saturated rings. The van der Waals surface area contributed by atoms with Gasteiger partial charge in [-0.1, -0.05) is 42.0 Å². The minimum atomic E-state index is -0.809. The number of aliphatic carboxylic acids is 1. The standard InChI is InChI=1S/C26H25ClN2O4S/c1-13-9-16-15-6-4-5-14(15)12-28-24(16)17(10-13)22-18(25(28)26(30)31)11-21(23(22)27)34-20-8-3-2-7-19(20)29(32)33/h2-4,6-10,14-15,18,21-23,25H,5,11-12H2,1H3,(H,30,31)/t14-,15-,18+,21+,22+,23+,25+/m0/s1. The fourth-order valence-corrected chi connectivity index (χ4v) is 8.74. The van der Waals surface area contributed by atoms with Gasteiger partial charge in [0, 0.05) is 35.4 Å². The van der Waals surface area contributed by atoms with Crippen molar-refractivity contribution in [2.45, 2.75) is 53.2 Å². The third-order valence-corrected chi connectivity index (χ3v) is 10.2. The Bertz CT molecular complexity index is 1230. The molecule has 0 radical (unpaired) electrons. The Morgan fingerprint density at radius 3 is 2.79 bits per heavy atom. The molecule has 2 aliphatic heterocycles. The van der Waals surface area contributed by atoms with Crippen LogP contribution in [-0.2, 0) is 4.79 Å². The van der Waals surface area contributed by atoms with Crippen molar-refractivity contribution < 1.29 is 14.8 Å². The van der Waals surface area contributed by atoms with E-state index in [1.807, 2.05) is 0 Å². The highest BCUT2D eigenvalue weighted by Crippen LogP contribution is 2.60. The van der Waals surface area contributed by atoms with Crippen LogP contribution in [0.25, 0.3) is 0 Å². The third-order valence-electron chi connectivity index (χ3n) is 8.04. The van der Waals surface area contributed by atoms with E-state index in [1.165, 1.54) is 29.0 Å². The fourth-order valence-electron chi connectivity index (χ4n) is 6.79. The van der Waals surface area contributed by atoms with Gasteiger partial charge < -0.3 is 10.0 Å². The van der Waals surface area contributed by atoms with Crippen molar-refractivity contribution in [1.82, 2.24) is 0 Å². The van der Waals surface area contributed by atoms with Crippen molar-refractivity contribution >= 4 is 40.7 Å². The van der Waals surface area contributed by atoms with E-state index in [0.29, 0.717) is 23.2 Å². The minimum absolute atomic E-state index is 0.0682. The molecule has 0 unspecified atom stereocenters. The number of carbonyl (C=O) groups is 1. The molecule has 2 aliphatic carbocycles. The molecule has 0 spiro atoms. The van der Waals surface area contributed by atoms with Crippen LogP contribution in [0.5, 0.6) is 0 Å². The van der Waals surface area contributed by atoms with Crippen molar-refractivity contribution in [2.75, 3.05) is 11.4 Å². The number of aryl methyl sites for hydroxylation is 1. The summed E-state index contributed by atoms with van der Waals surface area (Å²) in [6.45, 7) is 2.83. The number of alkyl halides is 1. The van der Waals surface area contributed by atoms with Gasteiger partial charge >= 0.3 is 5.97 Å². The number of hydrogen-bond donors (Lipinski definition) is 1. The lowest BCUT2D eigenvalue weighted by atomic mass is 9.71. The average molecular weight is 497 g/mol. The Kier molecular flexibility index (Phi) is 5.19. The number of carboxylic acids is 1. The van der Waals surface area contributed by atoms with Crippen molar-refractivity contribution in [3.63, 3.8) is 0 Å². The first kappa shape index (κ1) is 22.0. The summed E-state index contributed by atoms with van der Waals surface area (Å²) in [4.78, 5) is 26.6. The number of anilines is 1. The topological polar surface area (TPSA) is 83.7 Å². The second kappa shape index (κ2) is 8.02. The number of nitrogens with zero attached hydrogens (tertiary/aromatic N) is 2. The van der Waals surface area contributed by atoms with Gasteiger partial charge in [0.25, 0.3) is 5.69 Å². The van der Waals surface area contributed by atoms with E-state index in [9.17, 15) is 20.0 Å². The van der Waals surface area contributed by atoms with E-state index in [0.717, 1.165) is 24.2 Å². The van der Waals surface area contributed by atoms with Crippen LogP contribution in [-0.4, -0.2) is 39.2 Å². The predicted molar refractivity (Wildman–Crippen MR) is 133 cm³/mol. The summed E-state index contributed by atoms with van der Waals surface area (Å²) < 4.78 is 0. The normalized spacial score (nSPS) is 32.8. The molecule has 0 bridgehead atoms. The van der Waals surface area contributed by atoms with Gasteiger partial charge in [-0.05, 0) is 48.8 Å². The van der Waals surface area contributed by atoms with Crippen molar-refractivity contribution in [3.8, 4) is 0 Å². The number of fused-ring (bicyclic) bond motifs is 4. The number of benzene rings is 2. The number of halogens is 1. The summed E-state index contributed by atoms with van der Waals surface area (Å²) in [6, 6.07) is 10.5. The summed E-state index contributed by atoms with van der Waals surface area (Å²) in [5, 5.41) is 21.5. The maximum atomic E-state index is 12.7. The molecule has 0 amide bonds. The number of thioether (sulfide) groups is 1. The Morgan fingerprint density at radius 1 is 1.26 bits per heavy atom. The number of nitro groups is 1. The second-order valence-corrected chi connectivity index (χ2v) is 11.7. The smallest absolute Gasteiger partial charge is 0.326 e. The molecular formula is C26H25ClN2O4S. The molecular weight excluding hydrogens is 472 g/mol. The molecule has 0 aromatic heterocycles. The van der Waals surface area contributed by atoms with Gasteiger partial charge in [-0.2, -0.15) is 0 Å². The Labute approximate surface area is 207 Å². The molecule has 7 atom stereocenters. The van der Waals surface area contributed by atoms with Gasteiger partial charge in [0.2, 0.25) is 0 Å². The maximum absolute atomic E-state index is 12.7. The summed E-state index contributed by atoms with van der Waals surface area (Å²) in [5.74, 6) is -0.339. The third kappa shape index (κ3) is 3.20. The monoisotopic (exact) mass is 496 g/mol. The average Bonchev–Trinajstić information content (AvgIpc) is 3.38. The summed E-state index contributed by atoms with van der Waals surface area (Å²) >= 11 is 8.56. The number of carboxylic acid groups (broad SMARTS) is 1. The number of allylic oxidation sites excluding steroid dienone is 2. The molecule has 6 nitrogen and oxygen atoms in total. The van der Waals surface area contributed by atoms with E-state index in [4.69, 9.17) is 11.6 Å². The molecule has 176 valence electrons. The van der Waals surface area contributed by atoms with Crippen LogP contribution in [0.4, 0.5) is 11.4 Å². The second-order valence-electron chi connectivity index (χ2n) is 9.93. The quantitative estimate of drug-likeness (QED) is 0.252. The minimum Gasteiger partial charge on any atom is -0.480 e. The number of nitro benzene ring substituents is 1. The van der Waals surface area contributed by atoms with Gasteiger partial charge in [0.05, 0.1) is 15.2 Å². The molecule has 1 saturated carbocycles.